The van der Waals surface area contributed by atoms with Crippen molar-refractivity contribution in [3.8, 4) is 0 Å². The van der Waals surface area contributed by atoms with Crippen molar-refractivity contribution in [2.45, 2.75) is 31.3 Å². The van der Waals surface area contributed by atoms with Crippen molar-refractivity contribution >= 4 is 11.9 Å². The van der Waals surface area contributed by atoms with E-state index >= 15 is 0 Å². The van der Waals surface area contributed by atoms with Crippen molar-refractivity contribution in [2.24, 2.45) is 0 Å². The summed E-state index contributed by atoms with van der Waals surface area (Å²) in [5, 5.41) is 11.7. The van der Waals surface area contributed by atoms with Gasteiger partial charge < -0.3 is 15.2 Å². The van der Waals surface area contributed by atoms with Crippen LogP contribution in [0.3, 0.4) is 0 Å². The summed E-state index contributed by atoms with van der Waals surface area (Å²) in [6.07, 6.45) is 2.35. The smallest absolute Gasteiger partial charge is 0.335 e. The molecule has 1 heterocycles. The molecule has 0 aromatic heterocycles. The Hall–Kier alpha value is -1.92. The highest BCUT2D eigenvalue weighted by Gasteiger charge is 2.42. The van der Waals surface area contributed by atoms with Crippen LogP contribution < -0.4 is 5.32 Å². The summed E-state index contributed by atoms with van der Waals surface area (Å²) in [6, 6.07) is 6.90. The molecule has 6 heteroatoms. The maximum atomic E-state index is 11.9. The van der Waals surface area contributed by atoms with Gasteiger partial charge in [-0.05, 0) is 37.1 Å². The van der Waals surface area contributed by atoms with E-state index < -0.39 is 5.97 Å². The number of amides is 1. The molecule has 2 N–H and O–H groups in total. The van der Waals surface area contributed by atoms with Gasteiger partial charge >= 0.3 is 5.97 Å². The predicted octanol–water partition coefficient (Wildman–Crippen LogP) is 1.50. The van der Waals surface area contributed by atoms with Gasteiger partial charge in [0.1, 0.15) is 0 Å². The van der Waals surface area contributed by atoms with E-state index in [2.05, 4.69) is 10.2 Å². The van der Waals surface area contributed by atoms with Crippen LogP contribution in [0.25, 0.3) is 0 Å². The second kappa shape index (κ2) is 7.57. The number of nitrogens with zero attached hydrogens (tertiary/aromatic N) is 1. The van der Waals surface area contributed by atoms with Gasteiger partial charge in [0.15, 0.2) is 0 Å². The molecule has 23 heavy (non-hydrogen) atoms. The highest BCUT2D eigenvalue weighted by atomic mass is 16.5. The van der Waals surface area contributed by atoms with Crippen molar-refractivity contribution in [2.75, 3.05) is 27.3 Å². The summed E-state index contributed by atoms with van der Waals surface area (Å²) < 4.78 is 5.39. The van der Waals surface area contributed by atoms with Crippen molar-refractivity contribution < 1.29 is 19.4 Å². The van der Waals surface area contributed by atoms with Crippen LogP contribution >= 0.6 is 0 Å². The number of ether oxygens (including phenoxy) is 1. The Balaban J connectivity index is 2.15. The Bertz CT molecular complexity index is 558. The van der Waals surface area contributed by atoms with E-state index in [1.165, 1.54) is 0 Å². The molecule has 0 saturated carbocycles. The maximum Gasteiger partial charge on any atom is 0.335 e. The van der Waals surface area contributed by atoms with Gasteiger partial charge in [-0.25, -0.2) is 4.79 Å². The van der Waals surface area contributed by atoms with Crippen molar-refractivity contribution in [1.29, 1.82) is 0 Å². The minimum Gasteiger partial charge on any atom is -0.478 e. The van der Waals surface area contributed by atoms with Crippen LogP contribution in [0.2, 0.25) is 0 Å². The lowest BCUT2D eigenvalue weighted by molar-refractivity contribution is -0.124. The minimum atomic E-state index is -0.925. The monoisotopic (exact) mass is 320 g/mol. The molecule has 126 valence electrons. The van der Waals surface area contributed by atoms with E-state index in [-0.39, 0.29) is 17.0 Å². The molecule has 1 aliphatic heterocycles. The standard InChI is InChI=1S/C17H24N2O4/c1-18-15(20)10-17(12-23-2)8-3-9-19(17)11-13-4-6-14(7-5-13)16(21)22/h4-7H,3,8-12H2,1-2H3,(H,18,20)(H,21,22)/t17-/m1/s1. The van der Waals surface area contributed by atoms with Gasteiger partial charge in [0.25, 0.3) is 0 Å². The van der Waals surface area contributed by atoms with E-state index in [1.807, 2.05) is 12.1 Å². The Labute approximate surface area is 136 Å². The maximum absolute atomic E-state index is 11.9. The first-order valence-corrected chi connectivity index (χ1v) is 7.77. The fourth-order valence-electron chi connectivity index (χ4n) is 3.28. The highest BCUT2D eigenvalue weighted by Crippen LogP contribution is 2.34. The lowest BCUT2D eigenvalue weighted by Gasteiger charge is -2.37. The zero-order chi connectivity index (χ0) is 16.9. The molecule has 1 aliphatic rings. The summed E-state index contributed by atoms with van der Waals surface area (Å²) in [5.41, 5.74) is 1.03. The second-order valence-electron chi connectivity index (χ2n) is 6.03. The summed E-state index contributed by atoms with van der Waals surface area (Å²) in [6.45, 7) is 2.09. The van der Waals surface area contributed by atoms with E-state index in [4.69, 9.17) is 9.84 Å². The van der Waals surface area contributed by atoms with Crippen molar-refractivity contribution in [3.63, 3.8) is 0 Å². The summed E-state index contributed by atoms with van der Waals surface area (Å²) >= 11 is 0. The van der Waals surface area contributed by atoms with Crippen LogP contribution in [-0.4, -0.2) is 54.7 Å². The SMILES string of the molecule is CNC(=O)C[C@@]1(COC)CCCN1Cc1ccc(C(=O)O)cc1. The van der Waals surface area contributed by atoms with E-state index in [1.54, 1.807) is 26.3 Å². The zero-order valence-electron chi connectivity index (χ0n) is 13.7. The van der Waals surface area contributed by atoms with Gasteiger partial charge in [0.2, 0.25) is 5.91 Å². The Morgan fingerprint density at radius 3 is 2.61 bits per heavy atom. The fraction of sp³-hybridized carbons (Fsp3) is 0.529. The fourth-order valence-corrected chi connectivity index (χ4v) is 3.28. The molecular formula is C17H24N2O4. The van der Waals surface area contributed by atoms with Crippen LogP contribution in [0.15, 0.2) is 24.3 Å². The number of hydrogen-bond donors (Lipinski definition) is 2. The Morgan fingerprint density at radius 1 is 1.35 bits per heavy atom. The third kappa shape index (κ3) is 4.09. The Kier molecular flexibility index (Phi) is 5.74. The molecular weight excluding hydrogens is 296 g/mol. The number of rotatable bonds is 7. The number of hydrogen-bond acceptors (Lipinski definition) is 4. The topological polar surface area (TPSA) is 78.9 Å². The lowest BCUT2D eigenvalue weighted by atomic mass is 9.92. The average Bonchev–Trinajstić information content (AvgIpc) is 2.90. The third-order valence-corrected chi connectivity index (χ3v) is 4.50. The molecule has 1 aromatic carbocycles. The van der Waals surface area contributed by atoms with Gasteiger partial charge in [-0.3, -0.25) is 9.69 Å². The largest absolute Gasteiger partial charge is 0.478 e. The molecule has 1 fully saturated rings. The molecule has 0 unspecified atom stereocenters. The number of carboxylic acid groups (broad SMARTS) is 1. The summed E-state index contributed by atoms with van der Waals surface area (Å²) in [4.78, 5) is 25.1. The van der Waals surface area contributed by atoms with Gasteiger partial charge in [-0.2, -0.15) is 0 Å². The number of likely N-dealkylation sites (tertiary alicyclic amines) is 1. The molecule has 0 spiro atoms. The molecule has 0 bridgehead atoms. The number of carboxylic acids is 1. The van der Waals surface area contributed by atoms with E-state index in [0.717, 1.165) is 24.9 Å². The van der Waals surface area contributed by atoms with Gasteiger partial charge in [0, 0.05) is 27.1 Å². The molecule has 6 nitrogen and oxygen atoms in total. The number of methoxy groups -OCH3 is 1. The molecule has 2 rings (SSSR count). The Morgan fingerprint density at radius 2 is 2.04 bits per heavy atom. The first-order chi connectivity index (χ1) is 11.0. The van der Waals surface area contributed by atoms with Crippen molar-refractivity contribution in [3.05, 3.63) is 35.4 Å². The van der Waals surface area contributed by atoms with Crippen LogP contribution in [0.5, 0.6) is 0 Å². The number of carbonyl (C=O) groups excluding carboxylic acids is 1. The van der Waals surface area contributed by atoms with Crippen LogP contribution in [0.1, 0.15) is 35.2 Å². The van der Waals surface area contributed by atoms with Crippen LogP contribution in [0.4, 0.5) is 0 Å². The third-order valence-electron chi connectivity index (χ3n) is 4.50. The van der Waals surface area contributed by atoms with Gasteiger partial charge in [0.05, 0.1) is 17.7 Å². The average molecular weight is 320 g/mol. The van der Waals surface area contributed by atoms with Crippen LogP contribution in [0, 0.1) is 0 Å². The van der Waals surface area contributed by atoms with Gasteiger partial charge in [-0.1, -0.05) is 12.1 Å². The number of carbonyl (C=O) groups is 2. The number of benzene rings is 1. The summed E-state index contributed by atoms with van der Waals surface area (Å²) in [5.74, 6) is -0.916. The number of nitrogens with one attached hydrogen (secondary N) is 1. The molecule has 1 aromatic rings. The van der Waals surface area contributed by atoms with Crippen LogP contribution in [-0.2, 0) is 16.1 Å². The first-order valence-electron chi connectivity index (χ1n) is 7.77. The molecule has 1 atom stereocenters. The normalized spacial score (nSPS) is 21.3. The molecule has 1 saturated heterocycles. The van der Waals surface area contributed by atoms with Gasteiger partial charge in [-0.15, -0.1) is 0 Å². The minimum absolute atomic E-state index is 0.00942. The first kappa shape index (κ1) is 17.4. The molecule has 0 aliphatic carbocycles. The quantitative estimate of drug-likeness (QED) is 0.796. The predicted molar refractivity (Wildman–Crippen MR) is 86.3 cm³/mol. The summed E-state index contributed by atoms with van der Waals surface area (Å²) in [7, 11) is 3.30. The van der Waals surface area contributed by atoms with E-state index in [0.29, 0.717) is 19.6 Å². The lowest BCUT2D eigenvalue weighted by Crippen LogP contribution is -2.49. The molecule has 0 radical (unpaired) electrons. The van der Waals surface area contributed by atoms with Crippen molar-refractivity contribution in [1.82, 2.24) is 10.2 Å². The number of aromatic carboxylic acids is 1. The molecule has 1 amide bonds. The second-order valence-corrected chi connectivity index (χ2v) is 6.03. The van der Waals surface area contributed by atoms with E-state index in [9.17, 15) is 9.59 Å². The zero-order valence-corrected chi connectivity index (χ0v) is 13.7. The highest BCUT2D eigenvalue weighted by molar-refractivity contribution is 5.87.